The number of benzene rings is 3. The van der Waals surface area contributed by atoms with Crippen LogP contribution in [0, 0.1) is 0 Å². The highest BCUT2D eigenvalue weighted by molar-refractivity contribution is 6.02. The zero-order valence-electron chi connectivity index (χ0n) is 17.3. The Hall–Kier alpha value is -3.73. The first-order valence-electron chi connectivity index (χ1n) is 9.86. The molecule has 0 unspecified atom stereocenters. The van der Waals surface area contributed by atoms with E-state index in [1.807, 2.05) is 30.3 Å². The molecule has 1 aromatic heterocycles. The van der Waals surface area contributed by atoms with E-state index in [2.05, 4.69) is 60.6 Å². The molecule has 0 saturated carbocycles. The molecular formula is C25H24N4O. The first kappa shape index (κ1) is 19.6. The third-order valence-corrected chi connectivity index (χ3v) is 5.12. The van der Waals surface area contributed by atoms with Crippen LogP contribution in [0.1, 0.15) is 36.7 Å². The van der Waals surface area contributed by atoms with Crippen molar-refractivity contribution in [2.45, 2.75) is 26.2 Å². The minimum atomic E-state index is -0.467. The Bertz CT molecular complexity index is 1220. The van der Waals surface area contributed by atoms with Gasteiger partial charge < -0.3 is 11.1 Å². The average molecular weight is 396 g/mol. The number of nitrogens with two attached hydrogens (primary N) is 1. The molecule has 4 rings (SSSR count). The molecule has 1 heterocycles. The highest BCUT2D eigenvalue weighted by Crippen LogP contribution is 2.32. The summed E-state index contributed by atoms with van der Waals surface area (Å²) in [6.45, 7) is 6.58. The van der Waals surface area contributed by atoms with Crippen LogP contribution in [0.2, 0.25) is 0 Å². The fourth-order valence-electron chi connectivity index (χ4n) is 3.42. The van der Waals surface area contributed by atoms with Crippen molar-refractivity contribution in [3.63, 3.8) is 0 Å². The van der Waals surface area contributed by atoms with Gasteiger partial charge in [-0.25, -0.2) is 0 Å². The molecule has 3 N–H and O–H groups in total. The first-order chi connectivity index (χ1) is 14.3. The van der Waals surface area contributed by atoms with E-state index in [0.717, 1.165) is 22.0 Å². The molecule has 3 aromatic carbocycles. The molecule has 5 heteroatoms. The van der Waals surface area contributed by atoms with Crippen LogP contribution in [-0.4, -0.2) is 16.1 Å². The van der Waals surface area contributed by atoms with Crippen LogP contribution >= 0.6 is 0 Å². The monoisotopic (exact) mass is 396 g/mol. The lowest BCUT2D eigenvalue weighted by molar-refractivity contribution is 0.100. The Morgan fingerprint density at radius 1 is 0.867 bits per heavy atom. The number of primary amides is 1. The molecule has 0 saturated heterocycles. The molecule has 0 aliphatic heterocycles. The lowest BCUT2D eigenvalue weighted by atomic mass is 9.87. The van der Waals surface area contributed by atoms with Crippen molar-refractivity contribution >= 4 is 28.2 Å². The number of nitrogens with one attached hydrogen (secondary N) is 1. The quantitative estimate of drug-likeness (QED) is 0.481. The van der Waals surface area contributed by atoms with E-state index in [0.29, 0.717) is 17.1 Å². The summed E-state index contributed by atoms with van der Waals surface area (Å²) in [5, 5.41) is 14.2. The fourth-order valence-corrected chi connectivity index (χ4v) is 3.42. The van der Waals surface area contributed by atoms with Crippen molar-refractivity contribution in [3.05, 3.63) is 83.9 Å². The molecule has 0 atom stereocenters. The summed E-state index contributed by atoms with van der Waals surface area (Å²) in [5.74, 6) is 0.218. The van der Waals surface area contributed by atoms with Crippen LogP contribution in [0.5, 0.6) is 0 Å². The van der Waals surface area contributed by atoms with Gasteiger partial charge in [0.25, 0.3) is 0 Å². The summed E-state index contributed by atoms with van der Waals surface area (Å²) in [6.07, 6.45) is 0. The Morgan fingerprint density at radius 3 is 2.23 bits per heavy atom. The lowest BCUT2D eigenvalue weighted by Crippen LogP contribution is -2.11. The van der Waals surface area contributed by atoms with Crippen LogP contribution in [0.15, 0.2) is 72.8 Å². The highest BCUT2D eigenvalue weighted by Gasteiger charge is 2.14. The second-order valence-corrected chi connectivity index (χ2v) is 8.34. The minimum absolute atomic E-state index is 0.103. The van der Waals surface area contributed by atoms with E-state index >= 15 is 0 Å². The van der Waals surface area contributed by atoms with Gasteiger partial charge >= 0.3 is 0 Å². The Labute approximate surface area is 176 Å². The predicted octanol–water partition coefficient (Wildman–Crippen LogP) is 5.44. The zero-order chi connectivity index (χ0) is 21.3. The maximum absolute atomic E-state index is 11.6. The van der Waals surface area contributed by atoms with Gasteiger partial charge in [0, 0.05) is 27.6 Å². The molecule has 0 spiro atoms. The van der Waals surface area contributed by atoms with Crippen molar-refractivity contribution in [1.82, 2.24) is 10.2 Å². The van der Waals surface area contributed by atoms with Crippen LogP contribution in [0.25, 0.3) is 22.0 Å². The van der Waals surface area contributed by atoms with Gasteiger partial charge in [-0.15, -0.1) is 10.2 Å². The molecule has 0 bridgehead atoms. The van der Waals surface area contributed by atoms with Gasteiger partial charge in [0.2, 0.25) is 5.91 Å². The summed E-state index contributed by atoms with van der Waals surface area (Å²) in [7, 11) is 0. The summed E-state index contributed by atoms with van der Waals surface area (Å²) < 4.78 is 0. The Kier molecular flexibility index (Phi) is 4.96. The number of nitrogens with zero attached hydrogens (tertiary/aromatic N) is 2. The molecule has 5 nitrogen and oxygen atoms in total. The number of hydrogen-bond donors (Lipinski definition) is 2. The molecule has 150 valence electrons. The first-order valence-corrected chi connectivity index (χ1v) is 9.86. The highest BCUT2D eigenvalue weighted by atomic mass is 16.1. The van der Waals surface area contributed by atoms with Gasteiger partial charge in [0.15, 0.2) is 5.82 Å². The molecule has 30 heavy (non-hydrogen) atoms. The van der Waals surface area contributed by atoms with Gasteiger partial charge in [-0.1, -0.05) is 69.3 Å². The zero-order valence-corrected chi connectivity index (χ0v) is 17.3. The second-order valence-electron chi connectivity index (χ2n) is 8.34. The standard InChI is InChI=1S/C25H24N4O/c1-25(2,3)18-11-13-19(14-12-18)27-24-21-10-5-4-9-20(21)22(28-29-24)16-7-6-8-17(15-16)23(26)30/h4-15H,1-3H3,(H2,26,30)(H,27,29). The van der Waals surface area contributed by atoms with E-state index in [4.69, 9.17) is 5.73 Å². The van der Waals surface area contributed by atoms with Crippen molar-refractivity contribution in [2.75, 3.05) is 5.32 Å². The third-order valence-electron chi connectivity index (χ3n) is 5.12. The van der Waals surface area contributed by atoms with Crippen LogP contribution in [-0.2, 0) is 5.41 Å². The fraction of sp³-hybridized carbons (Fsp3) is 0.160. The number of hydrogen-bond acceptors (Lipinski definition) is 4. The molecular weight excluding hydrogens is 372 g/mol. The third kappa shape index (κ3) is 3.87. The number of amides is 1. The number of anilines is 2. The largest absolute Gasteiger partial charge is 0.366 e. The van der Waals surface area contributed by atoms with E-state index in [9.17, 15) is 4.79 Å². The van der Waals surface area contributed by atoms with E-state index in [1.54, 1.807) is 18.2 Å². The number of carbonyl (C=O) groups excluding carboxylic acids is 1. The van der Waals surface area contributed by atoms with Gasteiger partial charge in [0.1, 0.15) is 5.69 Å². The van der Waals surface area contributed by atoms with E-state index in [1.165, 1.54) is 5.56 Å². The van der Waals surface area contributed by atoms with E-state index in [-0.39, 0.29) is 5.41 Å². The van der Waals surface area contributed by atoms with Crippen LogP contribution in [0.4, 0.5) is 11.5 Å². The Morgan fingerprint density at radius 2 is 1.57 bits per heavy atom. The van der Waals surface area contributed by atoms with Crippen molar-refractivity contribution in [2.24, 2.45) is 5.73 Å². The maximum atomic E-state index is 11.6. The van der Waals surface area contributed by atoms with Crippen molar-refractivity contribution in [3.8, 4) is 11.3 Å². The lowest BCUT2D eigenvalue weighted by Gasteiger charge is -2.19. The van der Waals surface area contributed by atoms with Crippen molar-refractivity contribution < 1.29 is 4.79 Å². The molecule has 4 aromatic rings. The van der Waals surface area contributed by atoms with Crippen molar-refractivity contribution in [1.29, 1.82) is 0 Å². The smallest absolute Gasteiger partial charge is 0.248 e. The van der Waals surface area contributed by atoms with Crippen LogP contribution in [0.3, 0.4) is 0 Å². The number of carbonyl (C=O) groups is 1. The summed E-state index contributed by atoms with van der Waals surface area (Å²) in [4.78, 5) is 11.6. The number of aromatic nitrogens is 2. The van der Waals surface area contributed by atoms with E-state index < -0.39 is 5.91 Å². The van der Waals surface area contributed by atoms with Gasteiger partial charge in [-0.3, -0.25) is 4.79 Å². The predicted molar refractivity (Wildman–Crippen MR) is 122 cm³/mol. The molecule has 0 radical (unpaired) electrons. The number of fused-ring (bicyclic) bond motifs is 1. The Balaban J connectivity index is 1.74. The number of rotatable bonds is 4. The molecule has 1 amide bonds. The molecule has 0 aliphatic rings. The average Bonchev–Trinajstić information content (AvgIpc) is 2.74. The summed E-state index contributed by atoms with van der Waals surface area (Å²) in [5.41, 5.74) is 9.72. The summed E-state index contributed by atoms with van der Waals surface area (Å²) >= 11 is 0. The SMILES string of the molecule is CC(C)(C)c1ccc(Nc2nnc(-c3cccc(C(N)=O)c3)c3ccccc23)cc1. The minimum Gasteiger partial charge on any atom is -0.366 e. The van der Waals surface area contributed by atoms with Gasteiger partial charge in [0.05, 0.1) is 0 Å². The normalized spacial score (nSPS) is 11.4. The van der Waals surface area contributed by atoms with Gasteiger partial charge in [-0.05, 0) is 35.2 Å². The summed E-state index contributed by atoms with van der Waals surface area (Å²) in [6, 6.07) is 23.5. The van der Waals surface area contributed by atoms with Gasteiger partial charge in [-0.2, -0.15) is 0 Å². The topological polar surface area (TPSA) is 80.9 Å². The molecule has 0 fully saturated rings. The van der Waals surface area contributed by atoms with Crippen LogP contribution < -0.4 is 11.1 Å². The second kappa shape index (κ2) is 7.59. The molecule has 0 aliphatic carbocycles. The maximum Gasteiger partial charge on any atom is 0.248 e.